The quantitative estimate of drug-likeness (QED) is 0.574. The van der Waals surface area contributed by atoms with E-state index in [0.29, 0.717) is 17.5 Å². The maximum absolute atomic E-state index is 12.4. The lowest BCUT2D eigenvalue weighted by molar-refractivity contribution is 0.401. The average Bonchev–Trinajstić information content (AvgIpc) is 3.22. The van der Waals surface area contributed by atoms with Crippen molar-refractivity contribution in [3.8, 4) is 0 Å². The summed E-state index contributed by atoms with van der Waals surface area (Å²) in [5.74, 6) is 1.15. The van der Waals surface area contributed by atoms with Crippen molar-refractivity contribution in [3.05, 3.63) is 71.0 Å². The van der Waals surface area contributed by atoms with E-state index in [2.05, 4.69) is 26.1 Å². The highest BCUT2D eigenvalue weighted by molar-refractivity contribution is 7.89. The summed E-state index contributed by atoms with van der Waals surface area (Å²) in [6, 6.07) is 16.4. The van der Waals surface area contributed by atoms with Crippen molar-refractivity contribution in [1.82, 2.24) is 14.1 Å². The molecule has 3 aromatic rings. The SMILES string of the molecule is O=S(=O)(NCC1CCN(c2nc(Cc3ccccc3)ns2)CC1)c1ccc(Cl)cc1. The number of hydrogen-bond donors (Lipinski definition) is 1. The van der Waals surface area contributed by atoms with Crippen molar-refractivity contribution in [3.63, 3.8) is 0 Å². The van der Waals surface area contributed by atoms with Crippen LogP contribution < -0.4 is 9.62 Å². The monoisotopic (exact) mass is 462 g/mol. The van der Waals surface area contributed by atoms with Crippen molar-refractivity contribution in [2.75, 3.05) is 24.5 Å². The number of nitrogens with zero attached hydrogens (tertiary/aromatic N) is 3. The van der Waals surface area contributed by atoms with Crippen molar-refractivity contribution < 1.29 is 8.42 Å². The maximum Gasteiger partial charge on any atom is 0.240 e. The van der Waals surface area contributed by atoms with Crippen molar-refractivity contribution >= 4 is 38.3 Å². The Kier molecular flexibility index (Phi) is 6.67. The molecular weight excluding hydrogens is 440 g/mol. The van der Waals surface area contributed by atoms with Gasteiger partial charge in [-0.15, -0.1) is 0 Å². The molecule has 1 aliphatic rings. The number of piperidine rings is 1. The predicted octanol–water partition coefficient (Wildman–Crippen LogP) is 3.98. The Balaban J connectivity index is 1.27. The van der Waals surface area contributed by atoms with Gasteiger partial charge in [-0.3, -0.25) is 0 Å². The van der Waals surface area contributed by atoms with Gasteiger partial charge in [-0.25, -0.2) is 18.1 Å². The summed E-state index contributed by atoms with van der Waals surface area (Å²) in [6.45, 7) is 2.15. The van der Waals surface area contributed by atoms with Gasteiger partial charge in [-0.1, -0.05) is 41.9 Å². The first-order valence-electron chi connectivity index (χ1n) is 9.86. The molecule has 0 amide bonds. The summed E-state index contributed by atoms with van der Waals surface area (Å²) in [5.41, 5.74) is 1.20. The summed E-state index contributed by atoms with van der Waals surface area (Å²) in [6.07, 6.45) is 2.56. The molecule has 0 aliphatic carbocycles. The number of halogens is 1. The molecule has 158 valence electrons. The molecule has 0 atom stereocenters. The minimum Gasteiger partial charge on any atom is -0.347 e. The van der Waals surface area contributed by atoms with Gasteiger partial charge in [-0.05, 0) is 48.6 Å². The van der Waals surface area contributed by atoms with Crippen LogP contribution in [0.15, 0.2) is 59.5 Å². The smallest absolute Gasteiger partial charge is 0.240 e. The average molecular weight is 463 g/mol. The number of nitrogens with one attached hydrogen (secondary N) is 1. The van der Waals surface area contributed by atoms with Crippen LogP contribution in [-0.4, -0.2) is 37.4 Å². The minimum atomic E-state index is -3.51. The van der Waals surface area contributed by atoms with E-state index in [4.69, 9.17) is 16.6 Å². The van der Waals surface area contributed by atoms with Crippen LogP contribution in [0.2, 0.25) is 5.02 Å². The molecule has 2 heterocycles. The van der Waals surface area contributed by atoms with Gasteiger partial charge in [0.2, 0.25) is 15.2 Å². The summed E-state index contributed by atoms with van der Waals surface area (Å²) >= 11 is 7.27. The Hall–Kier alpha value is -2.00. The molecule has 1 saturated heterocycles. The van der Waals surface area contributed by atoms with Gasteiger partial charge in [0.25, 0.3) is 0 Å². The molecule has 1 aliphatic heterocycles. The van der Waals surface area contributed by atoms with Crippen LogP contribution in [0, 0.1) is 5.92 Å². The van der Waals surface area contributed by atoms with E-state index in [-0.39, 0.29) is 4.90 Å². The van der Waals surface area contributed by atoms with Gasteiger partial charge >= 0.3 is 0 Å². The molecule has 30 heavy (non-hydrogen) atoms. The fourth-order valence-corrected chi connectivity index (χ4v) is 5.46. The first-order valence-corrected chi connectivity index (χ1v) is 12.5. The highest BCUT2D eigenvalue weighted by Crippen LogP contribution is 2.25. The van der Waals surface area contributed by atoms with Gasteiger partial charge < -0.3 is 4.90 Å². The van der Waals surface area contributed by atoms with E-state index in [1.54, 1.807) is 12.1 Å². The van der Waals surface area contributed by atoms with E-state index in [0.717, 1.165) is 43.3 Å². The molecule has 0 saturated carbocycles. The zero-order chi connectivity index (χ0) is 21.0. The molecule has 0 bridgehead atoms. The standard InChI is InChI=1S/C21H23ClN4O2S2/c22-18-6-8-19(9-7-18)30(27,28)23-15-17-10-12-26(13-11-17)21-24-20(25-29-21)14-16-4-2-1-3-5-16/h1-9,17,23H,10-15H2. The molecule has 0 radical (unpaired) electrons. The molecule has 1 aromatic heterocycles. The normalized spacial score (nSPS) is 15.4. The zero-order valence-corrected chi connectivity index (χ0v) is 18.8. The third kappa shape index (κ3) is 5.37. The Labute approximate surface area is 186 Å². The van der Waals surface area contributed by atoms with Crippen LogP contribution in [0.3, 0.4) is 0 Å². The fraction of sp³-hybridized carbons (Fsp3) is 0.333. The number of sulfonamides is 1. The number of anilines is 1. The van der Waals surface area contributed by atoms with Gasteiger partial charge in [0.1, 0.15) is 5.82 Å². The number of hydrogen-bond acceptors (Lipinski definition) is 6. The van der Waals surface area contributed by atoms with Crippen LogP contribution in [-0.2, 0) is 16.4 Å². The van der Waals surface area contributed by atoms with E-state index in [1.807, 2.05) is 18.2 Å². The largest absolute Gasteiger partial charge is 0.347 e. The maximum atomic E-state index is 12.4. The molecule has 6 nitrogen and oxygen atoms in total. The Morgan fingerprint density at radius 3 is 2.47 bits per heavy atom. The second kappa shape index (κ2) is 9.43. The first kappa shape index (κ1) is 21.2. The summed E-state index contributed by atoms with van der Waals surface area (Å²) < 4.78 is 32.1. The predicted molar refractivity (Wildman–Crippen MR) is 121 cm³/mol. The fourth-order valence-electron chi connectivity index (χ4n) is 3.48. The van der Waals surface area contributed by atoms with E-state index in [1.165, 1.54) is 29.2 Å². The first-order chi connectivity index (χ1) is 14.5. The number of aromatic nitrogens is 2. The van der Waals surface area contributed by atoms with Crippen molar-refractivity contribution in [2.45, 2.75) is 24.2 Å². The number of benzene rings is 2. The van der Waals surface area contributed by atoms with Crippen LogP contribution in [0.4, 0.5) is 5.13 Å². The zero-order valence-electron chi connectivity index (χ0n) is 16.4. The van der Waals surface area contributed by atoms with Gasteiger partial charge in [0.15, 0.2) is 0 Å². The Morgan fingerprint density at radius 1 is 1.07 bits per heavy atom. The van der Waals surface area contributed by atoms with Gasteiger partial charge in [0.05, 0.1) is 4.90 Å². The van der Waals surface area contributed by atoms with Crippen molar-refractivity contribution in [1.29, 1.82) is 0 Å². The van der Waals surface area contributed by atoms with E-state index >= 15 is 0 Å². The second-order valence-electron chi connectivity index (χ2n) is 7.39. The van der Waals surface area contributed by atoms with Crippen molar-refractivity contribution in [2.24, 2.45) is 5.92 Å². The topological polar surface area (TPSA) is 75.2 Å². The Bertz CT molecular complexity index is 1060. The second-order valence-corrected chi connectivity index (χ2v) is 10.3. The van der Waals surface area contributed by atoms with E-state index < -0.39 is 10.0 Å². The van der Waals surface area contributed by atoms with Gasteiger partial charge in [0, 0.05) is 42.6 Å². The summed E-state index contributed by atoms with van der Waals surface area (Å²) in [5, 5.41) is 1.46. The third-order valence-electron chi connectivity index (χ3n) is 5.23. The summed E-state index contributed by atoms with van der Waals surface area (Å²) in [7, 11) is -3.51. The molecular formula is C21H23ClN4O2S2. The Morgan fingerprint density at radius 2 is 1.77 bits per heavy atom. The third-order valence-corrected chi connectivity index (χ3v) is 7.74. The van der Waals surface area contributed by atoms with Crippen LogP contribution in [0.25, 0.3) is 0 Å². The minimum absolute atomic E-state index is 0.240. The number of rotatable bonds is 7. The molecule has 1 fully saturated rings. The molecule has 1 N–H and O–H groups in total. The molecule has 0 spiro atoms. The van der Waals surface area contributed by atoms with Crippen LogP contribution in [0.1, 0.15) is 24.2 Å². The molecule has 9 heteroatoms. The highest BCUT2D eigenvalue weighted by Gasteiger charge is 2.24. The summed E-state index contributed by atoms with van der Waals surface area (Å²) in [4.78, 5) is 7.18. The molecule has 0 unspecified atom stereocenters. The van der Waals surface area contributed by atoms with Crippen LogP contribution in [0.5, 0.6) is 0 Å². The van der Waals surface area contributed by atoms with E-state index in [9.17, 15) is 8.42 Å². The lowest BCUT2D eigenvalue weighted by atomic mass is 9.97. The molecule has 4 rings (SSSR count). The van der Waals surface area contributed by atoms with Crippen LogP contribution >= 0.6 is 23.1 Å². The highest BCUT2D eigenvalue weighted by atomic mass is 35.5. The lowest BCUT2D eigenvalue weighted by Gasteiger charge is -2.31. The lowest BCUT2D eigenvalue weighted by Crippen LogP contribution is -2.38. The van der Waals surface area contributed by atoms with Gasteiger partial charge in [-0.2, -0.15) is 4.37 Å². The molecule has 2 aromatic carbocycles.